The van der Waals surface area contributed by atoms with Crippen LogP contribution in [0.15, 0.2) is 35.1 Å². The van der Waals surface area contributed by atoms with Crippen LogP contribution in [0.3, 0.4) is 0 Å². The van der Waals surface area contributed by atoms with Crippen LogP contribution >= 0.6 is 0 Å². The summed E-state index contributed by atoms with van der Waals surface area (Å²) in [6.07, 6.45) is -3.25. The van der Waals surface area contributed by atoms with Crippen molar-refractivity contribution in [2.24, 2.45) is 0 Å². The maximum absolute atomic E-state index is 14.2. The number of piperidine rings is 1. The zero-order chi connectivity index (χ0) is 29.3. The van der Waals surface area contributed by atoms with Crippen LogP contribution in [-0.2, 0) is 23.1 Å². The number of aryl methyl sites for hydroxylation is 1. The Kier molecular flexibility index (Phi) is 6.51. The largest absolute Gasteiger partial charge is 0.492 e. The summed E-state index contributed by atoms with van der Waals surface area (Å²) in [7, 11) is 0. The second-order valence-corrected chi connectivity index (χ2v) is 11.9. The van der Waals surface area contributed by atoms with Gasteiger partial charge in [-0.2, -0.15) is 13.2 Å². The minimum absolute atomic E-state index is 0.00867. The van der Waals surface area contributed by atoms with Crippen molar-refractivity contribution in [3.8, 4) is 5.75 Å². The van der Waals surface area contributed by atoms with Crippen molar-refractivity contribution in [3.63, 3.8) is 0 Å². The highest BCUT2D eigenvalue weighted by Gasteiger charge is 2.48. The summed E-state index contributed by atoms with van der Waals surface area (Å²) in [4.78, 5) is 28.1. The van der Waals surface area contributed by atoms with E-state index in [0.717, 1.165) is 32.0 Å². The van der Waals surface area contributed by atoms with Crippen molar-refractivity contribution in [1.82, 2.24) is 14.0 Å². The van der Waals surface area contributed by atoms with Gasteiger partial charge in [-0.1, -0.05) is 17.7 Å². The Morgan fingerprint density at radius 2 is 1.83 bits per heavy atom. The van der Waals surface area contributed by atoms with E-state index in [1.54, 1.807) is 6.92 Å². The third kappa shape index (κ3) is 4.61. The predicted molar refractivity (Wildman–Crippen MR) is 145 cm³/mol. The van der Waals surface area contributed by atoms with E-state index in [0.29, 0.717) is 32.5 Å². The number of anilines is 1. The number of hydrogen-bond acceptors (Lipinski definition) is 6. The van der Waals surface area contributed by atoms with Gasteiger partial charge in [-0.3, -0.25) is 18.8 Å². The first-order valence-electron chi connectivity index (χ1n) is 13.8. The summed E-state index contributed by atoms with van der Waals surface area (Å²) >= 11 is 0. The molecular weight excluding hydrogens is 541 g/mol. The highest BCUT2D eigenvalue weighted by molar-refractivity contribution is 6.06. The summed E-state index contributed by atoms with van der Waals surface area (Å²) in [5, 5.41) is 23.0. The Bertz CT molecular complexity index is 1580. The van der Waals surface area contributed by atoms with Gasteiger partial charge in [0.2, 0.25) is 5.91 Å². The van der Waals surface area contributed by atoms with E-state index < -0.39 is 41.2 Å². The first kappa shape index (κ1) is 27.8. The zero-order valence-electron chi connectivity index (χ0n) is 22.9. The summed E-state index contributed by atoms with van der Waals surface area (Å²) < 4.78 is 50.4. The molecule has 1 aliphatic carbocycles. The molecule has 0 atom stereocenters. The van der Waals surface area contributed by atoms with E-state index in [-0.39, 0.29) is 42.1 Å². The van der Waals surface area contributed by atoms with Crippen LogP contribution in [0.2, 0.25) is 0 Å². The molecule has 2 aliphatic heterocycles. The molecule has 0 unspecified atom stereocenters. The lowest BCUT2D eigenvalue weighted by molar-refractivity contribution is -0.136. The van der Waals surface area contributed by atoms with Gasteiger partial charge in [-0.25, -0.2) is 4.79 Å². The van der Waals surface area contributed by atoms with Crippen LogP contribution in [0.25, 0.3) is 11.0 Å². The van der Waals surface area contributed by atoms with Crippen molar-refractivity contribution >= 4 is 22.6 Å². The highest BCUT2D eigenvalue weighted by atomic mass is 19.4. The number of imidazole rings is 1. The van der Waals surface area contributed by atoms with Crippen molar-refractivity contribution in [1.29, 1.82) is 0 Å². The van der Waals surface area contributed by atoms with Gasteiger partial charge in [0.1, 0.15) is 19.1 Å². The van der Waals surface area contributed by atoms with E-state index in [1.807, 2.05) is 19.1 Å². The second-order valence-electron chi connectivity index (χ2n) is 11.9. The van der Waals surface area contributed by atoms with Gasteiger partial charge in [0.05, 0.1) is 27.6 Å². The standard InChI is InChI=1S/C29H33F3N4O5/c1-17-3-4-22-20(11-17)28(25(38)33-22)5-7-34(8-6-28)9-10-41-19-12-21(29(30,31)32)24-23(13-19)35(16-37)26(39)36(24)18-14-27(2,40)15-18/h3-4,11-13,18,37,40H,5-10,14-16H2,1-2H3,(H,33,38)/t18-,27+. The molecule has 12 heteroatoms. The van der Waals surface area contributed by atoms with Crippen molar-refractivity contribution in [3.05, 3.63) is 57.5 Å². The van der Waals surface area contributed by atoms with Crippen molar-refractivity contribution in [2.75, 3.05) is 31.6 Å². The predicted octanol–water partition coefficient (Wildman–Crippen LogP) is 3.53. The fraction of sp³-hybridized carbons (Fsp3) is 0.517. The quantitative estimate of drug-likeness (QED) is 0.416. The summed E-state index contributed by atoms with van der Waals surface area (Å²) in [5.41, 5.74) is -0.844. The Morgan fingerprint density at radius 3 is 2.46 bits per heavy atom. The van der Waals surface area contributed by atoms with Crippen LogP contribution in [-0.4, -0.2) is 62.0 Å². The molecule has 2 fully saturated rings. The Labute approximate surface area is 234 Å². The number of ether oxygens (including phenoxy) is 1. The summed E-state index contributed by atoms with van der Waals surface area (Å²) in [6, 6.07) is 7.60. The minimum Gasteiger partial charge on any atom is -0.492 e. The first-order chi connectivity index (χ1) is 19.3. The molecule has 3 aromatic rings. The zero-order valence-corrected chi connectivity index (χ0v) is 22.9. The second kappa shape index (κ2) is 9.60. The van der Waals surface area contributed by atoms with Crippen LogP contribution in [0.1, 0.15) is 55.3 Å². The number of nitrogens with one attached hydrogen (secondary N) is 1. The number of aliphatic hydroxyl groups is 2. The van der Waals surface area contributed by atoms with Gasteiger partial charge in [0, 0.05) is 24.3 Å². The maximum atomic E-state index is 14.2. The lowest BCUT2D eigenvalue weighted by Gasteiger charge is -2.41. The van der Waals surface area contributed by atoms with Gasteiger partial charge in [-0.15, -0.1) is 0 Å². The molecule has 41 heavy (non-hydrogen) atoms. The van der Waals surface area contributed by atoms with E-state index in [9.17, 15) is 33.0 Å². The number of halogens is 3. The number of rotatable bonds is 6. The average molecular weight is 575 g/mol. The number of alkyl halides is 3. The van der Waals surface area contributed by atoms with Crippen LogP contribution in [0, 0.1) is 6.92 Å². The number of nitrogens with zero attached hydrogens (tertiary/aromatic N) is 3. The normalized spacial score (nSPS) is 24.0. The number of carbonyl (C=O) groups is 1. The fourth-order valence-corrected chi connectivity index (χ4v) is 6.77. The van der Waals surface area contributed by atoms with E-state index in [1.165, 1.54) is 6.07 Å². The number of aromatic nitrogens is 2. The van der Waals surface area contributed by atoms with Crippen molar-refractivity contribution in [2.45, 2.75) is 69.5 Å². The number of carbonyl (C=O) groups excluding carboxylic acids is 1. The molecule has 3 aliphatic rings. The lowest BCUT2D eigenvalue weighted by atomic mass is 9.73. The average Bonchev–Trinajstić information content (AvgIpc) is 3.32. The molecule has 220 valence electrons. The highest BCUT2D eigenvalue weighted by Crippen LogP contribution is 2.46. The molecule has 1 aromatic heterocycles. The molecule has 1 saturated heterocycles. The molecule has 2 aromatic carbocycles. The third-order valence-electron chi connectivity index (χ3n) is 8.95. The minimum atomic E-state index is -4.78. The van der Waals surface area contributed by atoms with Gasteiger partial charge in [0.25, 0.3) is 0 Å². The Morgan fingerprint density at radius 1 is 1.12 bits per heavy atom. The molecule has 1 amide bonds. The summed E-state index contributed by atoms with van der Waals surface area (Å²) in [6.45, 7) is 4.59. The molecule has 1 saturated carbocycles. The third-order valence-corrected chi connectivity index (χ3v) is 8.95. The van der Waals surface area contributed by atoms with Crippen molar-refractivity contribution < 1.29 is 32.9 Å². The lowest BCUT2D eigenvalue weighted by Crippen LogP contribution is -2.47. The number of amides is 1. The number of hydrogen-bond donors (Lipinski definition) is 3. The van der Waals surface area contributed by atoms with Gasteiger partial charge >= 0.3 is 11.9 Å². The van der Waals surface area contributed by atoms with Gasteiger partial charge in [-0.05, 0) is 70.3 Å². The van der Waals surface area contributed by atoms with E-state index in [4.69, 9.17) is 4.74 Å². The first-order valence-corrected chi connectivity index (χ1v) is 13.8. The number of aliphatic hydroxyl groups excluding tert-OH is 1. The topological polar surface area (TPSA) is 109 Å². The number of benzene rings is 2. The molecule has 0 bridgehead atoms. The SMILES string of the molecule is Cc1ccc2c(c1)C1(CCN(CCOc3cc(C(F)(F)F)c4c(c3)n(CO)c(=O)n4[C@H]3C[C@@](C)(O)C3)CC1)C(=O)N2. The molecule has 3 N–H and O–H groups in total. The maximum Gasteiger partial charge on any atom is 0.418 e. The van der Waals surface area contributed by atoms with Crippen LogP contribution in [0.5, 0.6) is 5.75 Å². The smallest absolute Gasteiger partial charge is 0.418 e. The van der Waals surface area contributed by atoms with E-state index >= 15 is 0 Å². The number of fused-ring (bicyclic) bond motifs is 3. The van der Waals surface area contributed by atoms with Gasteiger partial charge < -0.3 is 20.3 Å². The van der Waals surface area contributed by atoms with Gasteiger partial charge in [0.15, 0.2) is 0 Å². The molecular formula is C29H33F3N4O5. The Balaban J connectivity index is 1.19. The molecule has 3 heterocycles. The monoisotopic (exact) mass is 574 g/mol. The molecule has 9 nitrogen and oxygen atoms in total. The number of likely N-dealkylation sites (tertiary alicyclic amines) is 1. The van der Waals surface area contributed by atoms with E-state index in [2.05, 4.69) is 16.3 Å². The molecule has 0 radical (unpaired) electrons. The molecule has 1 spiro atoms. The van der Waals surface area contributed by atoms with Crippen LogP contribution < -0.4 is 15.7 Å². The van der Waals surface area contributed by atoms with Crippen LogP contribution in [0.4, 0.5) is 18.9 Å². The Hall–Kier alpha value is -3.35. The fourth-order valence-electron chi connectivity index (χ4n) is 6.77. The summed E-state index contributed by atoms with van der Waals surface area (Å²) in [5.74, 6) is -0.0489. The molecule has 6 rings (SSSR count).